The lowest BCUT2D eigenvalue weighted by Crippen LogP contribution is -2.49. The first-order valence-corrected chi connectivity index (χ1v) is 5.38. The molecule has 3 aliphatic rings. The molecule has 80 valence electrons. The largest absolute Gasteiger partial charge is 0.375 e. The second kappa shape index (κ2) is 2.89. The molecule has 2 atom stereocenters. The smallest absolute Gasteiger partial charge is 0.254 e. The first kappa shape index (κ1) is 9.04. The molecule has 1 saturated heterocycles. The molecule has 2 unspecified atom stereocenters. The molecule has 0 radical (unpaired) electrons. The van der Waals surface area contributed by atoms with Crippen molar-refractivity contribution in [3.8, 4) is 0 Å². The van der Waals surface area contributed by atoms with Crippen molar-refractivity contribution >= 4 is 0 Å². The van der Waals surface area contributed by atoms with Crippen LogP contribution in [0.25, 0.3) is 0 Å². The van der Waals surface area contributed by atoms with Crippen LogP contribution in [0.4, 0.5) is 8.78 Å². The summed E-state index contributed by atoms with van der Waals surface area (Å²) in [6.45, 7) is 2.54. The summed E-state index contributed by atoms with van der Waals surface area (Å²) in [5.74, 6) is -2.55. The van der Waals surface area contributed by atoms with Crippen molar-refractivity contribution in [1.82, 2.24) is 5.32 Å². The van der Waals surface area contributed by atoms with Gasteiger partial charge in [-0.1, -0.05) is 0 Å². The fourth-order valence-corrected chi connectivity index (χ4v) is 2.71. The van der Waals surface area contributed by atoms with Gasteiger partial charge in [-0.05, 0) is 18.8 Å². The van der Waals surface area contributed by atoms with E-state index in [2.05, 4.69) is 5.32 Å². The average molecular weight is 203 g/mol. The number of hydrogen-bond acceptors (Lipinski definition) is 2. The van der Waals surface area contributed by atoms with Gasteiger partial charge in [0.25, 0.3) is 5.92 Å². The molecule has 0 bridgehead atoms. The first-order chi connectivity index (χ1) is 6.68. The lowest BCUT2D eigenvalue weighted by atomic mass is 10.0. The van der Waals surface area contributed by atoms with Gasteiger partial charge in [0.2, 0.25) is 0 Å². The van der Waals surface area contributed by atoms with Crippen molar-refractivity contribution in [2.45, 2.75) is 24.9 Å². The van der Waals surface area contributed by atoms with E-state index >= 15 is 0 Å². The Morgan fingerprint density at radius 1 is 1.21 bits per heavy atom. The Morgan fingerprint density at radius 3 is 2.36 bits per heavy atom. The maximum atomic E-state index is 12.8. The molecule has 0 amide bonds. The van der Waals surface area contributed by atoms with Crippen LogP contribution in [0.15, 0.2) is 0 Å². The zero-order valence-corrected chi connectivity index (χ0v) is 8.01. The first-order valence-electron chi connectivity index (χ1n) is 5.38. The number of nitrogens with one attached hydrogen (secondary N) is 1. The van der Waals surface area contributed by atoms with Crippen LogP contribution in [-0.4, -0.2) is 31.7 Å². The summed E-state index contributed by atoms with van der Waals surface area (Å²) in [4.78, 5) is 0. The quantitative estimate of drug-likeness (QED) is 0.745. The topological polar surface area (TPSA) is 21.3 Å². The van der Waals surface area contributed by atoms with E-state index in [1.165, 1.54) is 0 Å². The Morgan fingerprint density at radius 2 is 1.86 bits per heavy atom. The van der Waals surface area contributed by atoms with Crippen LogP contribution >= 0.6 is 0 Å². The molecule has 3 rings (SSSR count). The minimum absolute atomic E-state index is 0.310. The molecule has 14 heavy (non-hydrogen) atoms. The third kappa shape index (κ3) is 1.27. The van der Waals surface area contributed by atoms with E-state index in [9.17, 15) is 8.78 Å². The second-order valence-corrected chi connectivity index (χ2v) is 4.84. The molecule has 4 heteroatoms. The molecule has 0 aromatic carbocycles. The van der Waals surface area contributed by atoms with E-state index in [1.807, 2.05) is 0 Å². The number of alkyl halides is 2. The van der Waals surface area contributed by atoms with Gasteiger partial charge < -0.3 is 10.1 Å². The van der Waals surface area contributed by atoms with Crippen LogP contribution in [-0.2, 0) is 4.74 Å². The Labute approximate surface area is 82.0 Å². The highest BCUT2D eigenvalue weighted by molar-refractivity contribution is 5.10. The molecule has 3 fully saturated rings. The fourth-order valence-electron chi connectivity index (χ4n) is 2.71. The summed E-state index contributed by atoms with van der Waals surface area (Å²) in [5, 5.41) is 3.12. The Balaban J connectivity index is 1.41. The van der Waals surface area contributed by atoms with E-state index in [4.69, 9.17) is 4.74 Å². The molecule has 1 heterocycles. The van der Waals surface area contributed by atoms with Gasteiger partial charge in [-0.15, -0.1) is 0 Å². The van der Waals surface area contributed by atoms with Gasteiger partial charge in [0.1, 0.15) is 0 Å². The monoisotopic (exact) mass is 203 g/mol. The molecule has 2 aliphatic carbocycles. The van der Waals surface area contributed by atoms with E-state index in [0.717, 1.165) is 13.1 Å². The van der Waals surface area contributed by atoms with Gasteiger partial charge >= 0.3 is 0 Å². The van der Waals surface area contributed by atoms with Crippen LogP contribution in [0.1, 0.15) is 12.8 Å². The van der Waals surface area contributed by atoms with Gasteiger partial charge in [-0.2, -0.15) is 0 Å². The molecule has 0 aromatic heterocycles. The molecule has 0 aromatic rings. The molecular weight excluding hydrogens is 188 g/mol. The molecule has 2 saturated carbocycles. The van der Waals surface area contributed by atoms with E-state index in [1.54, 1.807) is 0 Å². The maximum absolute atomic E-state index is 12.8. The highest BCUT2D eigenvalue weighted by Gasteiger charge is 2.71. The van der Waals surface area contributed by atoms with E-state index in [-0.39, 0.29) is 11.8 Å². The standard InChI is InChI=1S/C10H15F2NO/c11-10(12)8-1-6(2-9(8)10)5-14-7-3-13-4-7/h6-9,13H,1-5H2. The van der Waals surface area contributed by atoms with Crippen LogP contribution in [0.2, 0.25) is 0 Å². The zero-order valence-electron chi connectivity index (χ0n) is 8.01. The van der Waals surface area contributed by atoms with Gasteiger partial charge in [0.15, 0.2) is 0 Å². The molecule has 2 nitrogen and oxygen atoms in total. The van der Waals surface area contributed by atoms with Crippen molar-refractivity contribution in [3.05, 3.63) is 0 Å². The molecule has 1 aliphatic heterocycles. The predicted octanol–water partition coefficient (Wildman–Crippen LogP) is 1.27. The molecular formula is C10H15F2NO. The van der Waals surface area contributed by atoms with Crippen LogP contribution in [0.3, 0.4) is 0 Å². The number of ether oxygens (including phenoxy) is 1. The highest BCUT2D eigenvalue weighted by atomic mass is 19.3. The van der Waals surface area contributed by atoms with Crippen LogP contribution < -0.4 is 5.32 Å². The van der Waals surface area contributed by atoms with Crippen molar-refractivity contribution in [3.63, 3.8) is 0 Å². The summed E-state index contributed by atoms with van der Waals surface area (Å²) in [7, 11) is 0. The summed E-state index contributed by atoms with van der Waals surface area (Å²) in [5.41, 5.74) is 0. The van der Waals surface area contributed by atoms with E-state index in [0.29, 0.717) is 31.5 Å². The van der Waals surface area contributed by atoms with Gasteiger partial charge in [0, 0.05) is 31.5 Å². The normalized spacial score (nSPS) is 44.6. The average Bonchev–Trinajstić information content (AvgIpc) is 2.48. The van der Waals surface area contributed by atoms with Gasteiger partial charge in [0.05, 0.1) is 6.10 Å². The third-order valence-electron chi connectivity index (χ3n) is 3.85. The maximum Gasteiger partial charge on any atom is 0.254 e. The highest BCUT2D eigenvalue weighted by Crippen LogP contribution is 2.65. The van der Waals surface area contributed by atoms with Crippen LogP contribution in [0, 0.1) is 17.8 Å². The summed E-state index contributed by atoms with van der Waals surface area (Å²) >= 11 is 0. The Bertz CT molecular complexity index is 228. The van der Waals surface area contributed by atoms with Crippen molar-refractivity contribution in [2.75, 3.05) is 19.7 Å². The number of rotatable bonds is 3. The Kier molecular flexibility index (Phi) is 1.86. The minimum atomic E-state index is -2.32. The number of halogens is 2. The lowest BCUT2D eigenvalue weighted by molar-refractivity contribution is -0.0120. The zero-order chi connectivity index (χ0) is 9.76. The van der Waals surface area contributed by atoms with Gasteiger partial charge in [-0.3, -0.25) is 0 Å². The minimum Gasteiger partial charge on any atom is -0.375 e. The molecule has 1 N–H and O–H groups in total. The second-order valence-electron chi connectivity index (χ2n) is 4.84. The third-order valence-corrected chi connectivity index (χ3v) is 3.85. The number of fused-ring (bicyclic) bond motifs is 1. The van der Waals surface area contributed by atoms with Crippen LogP contribution in [0.5, 0.6) is 0 Å². The van der Waals surface area contributed by atoms with Crippen molar-refractivity contribution < 1.29 is 13.5 Å². The fraction of sp³-hybridized carbons (Fsp3) is 1.00. The lowest BCUT2D eigenvalue weighted by Gasteiger charge is -2.28. The summed E-state index contributed by atoms with van der Waals surface area (Å²) in [6.07, 6.45) is 1.70. The SMILES string of the molecule is FC1(F)C2CC(COC3CNC3)CC21. The predicted molar refractivity (Wildman–Crippen MR) is 47.3 cm³/mol. The van der Waals surface area contributed by atoms with Gasteiger partial charge in [-0.25, -0.2) is 8.78 Å². The van der Waals surface area contributed by atoms with Crippen molar-refractivity contribution in [2.24, 2.45) is 17.8 Å². The summed E-state index contributed by atoms with van der Waals surface area (Å²) in [6, 6.07) is 0. The summed E-state index contributed by atoms with van der Waals surface area (Å²) < 4.78 is 31.3. The molecule has 0 spiro atoms. The van der Waals surface area contributed by atoms with Crippen molar-refractivity contribution in [1.29, 1.82) is 0 Å². The van der Waals surface area contributed by atoms with E-state index < -0.39 is 5.92 Å². The Hall–Kier alpha value is -0.220. The number of hydrogen-bond donors (Lipinski definition) is 1.